The Morgan fingerprint density at radius 2 is 1.73 bits per heavy atom. The highest BCUT2D eigenvalue weighted by atomic mass is 16.7. The first-order valence-corrected chi connectivity index (χ1v) is 9.73. The van der Waals surface area contributed by atoms with E-state index < -0.39 is 11.2 Å². The maximum absolute atomic E-state index is 10.0. The predicted molar refractivity (Wildman–Crippen MR) is 96.3 cm³/mol. The molecule has 1 spiro atoms. The average molecular weight is 357 g/mol. The Kier molecular flexibility index (Phi) is 4.81. The zero-order valence-electron chi connectivity index (χ0n) is 15.5. The number of hydrogen-bond donors (Lipinski definition) is 0. The molecule has 3 fully saturated rings. The molecule has 0 atom stereocenters. The van der Waals surface area contributed by atoms with E-state index in [1.54, 1.807) is 7.11 Å². The third kappa shape index (κ3) is 3.17. The Labute approximate surface area is 155 Å². The van der Waals surface area contributed by atoms with Crippen LogP contribution in [0.1, 0.15) is 56.9 Å². The third-order valence-electron chi connectivity index (χ3n) is 6.20. The van der Waals surface area contributed by atoms with Gasteiger partial charge in [0.15, 0.2) is 17.3 Å². The van der Waals surface area contributed by atoms with Crippen molar-refractivity contribution in [3.63, 3.8) is 0 Å². The number of rotatable bonds is 4. The Balaban J connectivity index is 1.58. The minimum atomic E-state index is -0.513. The van der Waals surface area contributed by atoms with Crippen LogP contribution in [0, 0.1) is 11.3 Å². The Morgan fingerprint density at radius 3 is 2.35 bits per heavy atom. The number of ether oxygens (including phenoxy) is 4. The van der Waals surface area contributed by atoms with Gasteiger partial charge in [0.05, 0.1) is 37.9 Å². The van der Waals surface area contributed by atoms with Crippen LogP contribution in [-0.4, -0.2) is 32.2 Å². The molecule has 0 unspecified atom stereocenters. The molecular formula is C21H27NO4. The third-order valence-corrected chi connectivity index (χ3v) is 6.20. The molecule has 0 radical (unpaired) electrons. The number of nitriles is 1. The smallest absolute Gasteiger partial charge is 0.168 e. The standard InChI is InChI=1S/C21H27NO4/c1-23-18-7-6-16(14-19(18)26-17-4-2-3-5-17)20(15-22)8-10-21(11-9-20)24-12-13-25-21/h6-7,14,17H,2-5,8-13H2,1H3. The van der Waals surface area contributed by atoms with Crippen LogP contribution < -0.4 is 9.47 Å². The highest BCUT2D eigenvalue weighted by Gasteiger charge is 2.47. The van der Waals surface area contributed by atoms with Crippen molar-refractivity contribution in [2.75, 3.05) is 20.3 Å². The summed E-state index contributed by atoms with van der Waals surface area (Å²) in [6.45, 7) is 1.31. The molecule has 1 aromatic rings. The van der Waals surface area contributed by atoms with Crippen molar-refractivity contribution in [3.8, 4) is 17.6 Å². The zero-order chi connectivity index (χ0) is 18.0. The second-order valence-electron chi connectivity index (χ2n) is 7.69. The van der Waals surface area contributed by atoms with Gasteiger partial charge in [-0.2, -0.15) is 5.26 Å². The van der Waals surface area contributed by atoms with Crippen molar-refractivity contribution in [3.05, 3.63) is 23.8 Å². The van der Waals surface area contributed by atoms with E-state index in [-0.39, 0.29) is 6.10 Å². The molecule has 140 valence electrons. The Morgan fingerprint density at radius 1 is 1.04 bits per heavy atom. The second-order valence-corrected chi connectivity index (χ2v) is 7.69. The maximum atomic E-state index is 10.0. The SMILES string of the molecule is COc1ccc(C2(C#N)CCC3(CC2)OCCO3)cc1OC1CCCC1. The first kappa shape index (κ1) is 17.6. The van der Waals surface area contributed by atoms with E-state index in [0.29, 0.717) is 13.2 Å². The number of nitrogens with zero attached hydrogens (tertiary/aromatic N) is 1. The van der Waals surface area contributed by atoms with Gasteiger partial charge in [0.2, 0.25) is 0 Å². The molecule has 1 saturated heterocycles. The van der Waals surface area contributed by atoms with Crippen LogP contribution in [0.15, 0.2) is 18.2 Å². The van der Waals surface area contributed by atoms with Crippen LogP contribution in [0.4, 0.5) is 0 Å². The molecule has 1 aromatic carbocycles. The molecule has 2 aliphatic carbocycles. The lowest BCUT2D eigenvalue weighted by atomic mass is 9.68. The van der Waals surface area contributed by atoms with Crippen molar-refractivity contribution >= 4 is 0 Å². The van der Waals surface area contributed by atoms with Gasteiger partial charge >= 0.3 is 0 Å². The number of hydrogen-bond acceptors (Lipinski definition) is 5. The molecule has 0 N–H and O–H groups in total. The van der Waals surface area contributed by atoms with Gasteiger partial charge in [-0.15, -0.1) is 0 Å². The van der Waals surface area contributed by atoms with E-state index in [2.05, 4.69) is 6.07 Å². The number of methoxy groups -OCH3 is 1. The summed E-state index contributed by atoms with van der Waals surface area (Å²) in [6.07, 6.45) is 7.86. The highest BCUT2D eigenvalue weighted by Crippen LogP contribution is 2.47. The summed E-state index contributed by atoms with van der Waals surface area (Å²) in [5, 5.41) is 10.0. The van der Waals surface area contributed by atoms with Crippen LogP contribution in [0.5, 0.6) is 11.5 Å². The Bertz CT molecular complexity index is 674. The van der Waals surface area contributed by atoms with Crippen molar-refractivity contribution < 1.29 is 18.9 Å². The lowest BCUT2D eigenvalue weighted by Crippen LogP contribution is -2.41. The molecule has 4 rings (SSSR count). The van der Waals surface area contributed by atoms with Crippen LogP contribution in [0.2, 0.25) is 0 Å². The molecule has 3 aliphatic rings. The van der Waals surface area contributed by atoms with Gasteiger partial charge in [-0.05, 0) is 56.2 Å². The molecule has 1 aliphatic heterocycles. The lowest BCUT2D eigenvalue weighted by Gasteiger charge is -2.40. The fourth-order valence-electron chi connectivity index (χ4n) is 4.56. The van der Waals surface area contributed by atoms with E-state index in [1.807, 2.05) is 18.2 Å². The summed E-state index contributed by atoms with van der Waals surface area (Å²) in [5.41, 5.74) is 0.502. The summed E-state index contributed by atoms with van der Waals surface area (Å²) in [6, 6.07) is 8.56. The van der Waals surface area contributed by atoms with Gasteiger partial charge in [0.1, 0.15) is 0 Å². The van der Waals surface area contributed by atoms with E-state index in [0.717, 1.165) is 55.6 Å². The fraction of sp³-hybridized carbons (Fsp3) is 0.667. The predicted octanol–water partition coefficient (Wildman–Crippen LogP) is 4.10. The van der Waals surface area contributed by atoms with Crippen LogP contribution in [0.25, 0.3) is 0 Å². The zero-order valence-corrected chi connectivity index (χ0v) is 15.5. The molecule has 5 heteroatoms. The van der Waals surface area contributed by atoms with Crippen molar-refractivity contribution in [1.82, 2.24) is 0 Å². The van der Waals surface area contributed by atoms with Crippen LogP contribution in [-0.2, 0) is 14.9 Å². The molecule has 0 aromatic heterocycles. The fourth-order valence-corrected chi connectivity index (χ4v) is 4.56. The van der Waals surface area contributed by atoms with Gasteiger partial charge in [0, 0.05) is 12.8 Å². The monoisotopic (exact) mass is 357 g/mol. The minimum Gasteiger partial charge on any atom is -0.493 e. The summed E-state index contributed by atoms with van der Waals surface area (Å²) in [5.74, 6) is 1.04. The first-order valence-electron chi connectivity index (χ1n) is 9.73. The summed E-state index contributed by atoms with van der Waals surface area (Å²) in [4.78, 5) is 0. The van der Waals surface area contributed by atoms with Crippen molar-refractivity contribution in [2.24, 2.45) is 0 Å². The van der Waals surface area contributed by atoms with Gasteiger partial charge in [-0.25, -0.2) is 0 Å². The quantitative estimate of drug-likeness (QED) is 0.812. The first-order chi connectivity index (χ1) is 12.7. The summed E-state index contributed by atoms with van der Waals surface area (Å²) < 4.78 is 23.4. The van der Waals surface area contributed by atoms with Crippen molar-refractivity contribution in [2.45, 2.75) is 68.7 Å². The maximum Gasteiger partial charge on any atom is 0.168 e. The lowest BCUT2D eigenvalue weighted by molar-refractivity contribution is -0.182. The van der Waals surface area contributed by atoms with E-state index in [4.69, 9.17) is 18.9 Å². The highest BCUT2D eigenvalue weighted by molar-refractivity contribution is 5.47. The largest absolute Gasteiger partial charge is 0.493 e. The molecule has 2 saturated carbocycles. The minimum absolute atomic E-state index is 0.257. The van der Waals surface area contributed by atoms with Gasteiger partial charge in [-0.3, -0.25) is 0 Å². The van der Waals surface area contributed by atoms with E-state index in [1.165, 1.54) is 12.8 Å². The van der Waals surface area contributed by atoms with Gasteiger partial charge < -0.3 is 18.9 Å². The van der Waals surface area contributed by atoms with Gasteiger partial charge in [-0.1, -0.05) is 6.07 Å². The average Bonchev–Trinajstić information content (AvgIpc) is 3.35. The molecule has 26 heavy (non-hydrogen) atoms. The molecule has 0 bridgehead atoms. The van der Waals surface area contributed by atoms with E-state index in [9.17, 15) is 5.26 Å². The topological polar surface area (TPSA) is 60.7 Å². The normalized spacial score (nSPS) is 24.5. The van der Waals surface area contributed by atoms with E-state index >= 15 is 0 Å². The van der Waals surface area contributed by atoms with Crippen LogP contribution >= 0.6 is 0 Å². The van der Waals surface area contributed by atoms with Crippen LogP contribution in [0.3, 0.4) is 0 Å². The summed E-state index contributed by atoms with van der Waals surface area (Å²) >= 11 is 0. The molecule has 1 heterocycles. The molecular weight excluding hydrogens is 330 g/mol. The number of benzene rings is 1. The summed E-state index contributed by atoms with van der Waals surface area (Å²) in [7, 11) is 1.66. The second kappa shape index (κ2) is 7.09. The molecule has 0 amide bonds. The van der Waals surface area contributed by atoms with Crippen molar-refractivity contribution in [1.29, 1.82) is 5.26 Å². The molecule has 5 nitrogen and oxygen atoms in total. The van der Waals surface area contributed by atoms with Gasteiger partial charge in [0.25, 0.3) is 0 Å². The Hall–Kier alpha value is -1.77.